The number of hydrogen-bond acceptors (Lipinski definition) is 4. The highest BCUT2D eigenvalue weighted by Gasteiger charge is 2.52. The summed E-state index contributed by atoms with van der Waals surface area (Å²) in [7, 11) is 0. The number of amides is 2. The summed E-state index contributed by atoms with van der Waals surface area (Å²) in [6, 6.07) is 4.78. The molecule has 5 nitrogen and oxygen atoms in total. The van der Waals surface area contributed by atoms with Gasteiger partial charge < -0.3 is 3.83 Å². The number of hydrogen-bond donors (Lipinski definition) is 0. The van der Waals surface area contributed by atoms with Crippen LogP contribution in [0.5, 0.6) is 0 Å². The molecule has 0 N–H and O–H groups in total. The van der Waals surface area contributed by atoms with E-state index in [1.807, 2.05) is 0 Å². The van der Waals surface area contributed by atoms with Gasteiger partial charge in [0.2, 0.25) is 0 Å². The summed E-state index contributed by atoms with van der Waals surface area (Å²) in [5, 5.41) is 0. The molecule has 1 aliphatic heterocycles. The van der Waals surface area contributed by atoms with E-state index in [0.717, 1.165) is 4.90 Å². The van der Waals surface area contributed by atoms with Crippen LogP contribution in [0.4, 0.5) is 0 Å². The standard InChI is InChI=1S/C10H3Br4NO4/c11-5-3-1-2-4-6(5)8(17)15(7(4)16)10(12,13)9(18)19-14/h1-3H. The van der Waals surface area contributed by atoms with Gasteiger partial charge in [0.05, 0.1) is 11.1 Å². The van der Waals surface area contributed by atoms with E-state index >= 15 is 0 Å². The zero-order chi connectivity index (χ0) is 14.4. The fourth-order valence-electron chi connectivity index (χ4n) is 1.64. The van der Waals surface area contributed by atoms with Crippen molar-refractivity contribution in [1.29, 1.82) is 0 Å². The molecule has 0 saturated carbocycles. The fraction of sp³-hybridized carbons (Fsp3) is 0.100. The predicted octanol–water partition coefficient (Wildman–Crippen LogP) is 3.34. The van der Waals surface area contributed by atoms with E-state index in [4.69, 9.17) is 0 Å². The number of benzene rings is 1. The molecule has 1 aromatic carbocycles. The molecular weight excluding hydrogens is 518 g/mol. The lowest BCUT2D eigenvalue weighted by Gasteiger charge is -2.26. The van der Waals surface area contributed by atoms with Gasteiger partial charge in [-0.1, -0.05) is 6.07 Å². The molecule has 2 amide bonds. The molecule has 0 fully saturated rings. The molecule has 0 radical (unpaired) electrons. The van der Waals surface area contributed by atoms with Crippen molar-refractivity contribution < 1.29 is 18.2 Å². The van der Waals surface area contributed by atoms with Crippen LogP contribution >= 0.6 is 64.0 Å². The molecule has 1 heterocycles. The predicted molar refractivity (Wildman–Crippen MR) is 80.2 cm³/mol. The van der Waals surface area contributed by atoms with Crippen LogP contribution in [-0.2, 0) is 8.62 Å². The summed E-state index contributed by atoms with van der Waals surface area (Å²) in [6.07, 6.45) is 0. The summed E-state index contributed by atoms with van der Waals surface area (Å²) >= 11 is 11.7. The molecule has 0 saturated heterocycles. The van der Waals surface area contributed by atoms with Gasteiger partial charge in [-0.2, -0.15) is 0 Å². The van der Waals surface area contributed by atoms with Crippen molar-refractivity contribution in [2.75, 3.05) is 0 Å². The first-order valence-electron chi connectivity index (χ1n) is 4.70. The molecular formula is C10H3Br4NO4. The highest BCUT2D eigenvalue weighted by molar-refractivity contribution is 9.25. The summed E-state index contributed by atoms with van der Waals surface area (Å²) in [5.74, 6) is -2.11. The zero-order valence-corrected chi connectivity index (χ0v) is 15.2. The largest absolute Gasteiger partial charge is 0.380 e. The highest BCUT2D eigenvalue weighted by atomic mass is 79.9. The van der Waals surface area contributed by atoms with Crippen molar-refractivity contribution in [2.45, 2.75) is 3.36 Å². The summed E-state index contributed by atoms with van der Waals surface area (Å²) in [4.78, 5) is 36.9. The lowest BCUT2D eigenvalue weighted by atomic mass is 10.1. The SMILES string of the molecule is O=C1c2cccc(Br)c2C(=O)N1C(Br)(Br)C(=O)OBr. The highest BCUT2D eigenvalue weighted by Crippen LogP contribution is 2.40. The van der Waals surface area contributed by atoms with Crippen molar-refractivity contribution >= 4 is 81.8 Å². The molecule has 1 aliphatic rings. The second kappa shape index (κ2) is 5.27. The van der Waals surface area contributed by atoms with Crippen LogP contribution in [0, 0.1) is 0 Å². The van der Waals surface area contributed by atoms with E-state index in [-0.39, 0.29) is 11.1 Å². The van der Waals surface area contributed by atoms with Crippen LogP contribution in [0.1, 0.15) is 20.7 Å². The average Bonchev–Trinajstić information content (AvgIpc) is 2.62. The Morgan fingerprint density at radius 2 is 1.84 bits per heavy atom. The van der Waals surface area contributed by atoms with E-state index in [0.29, 0.717) is 4.47 Å². The maximum absolute atomic E-state index is 12.3. The van der Waals surface area contributed by atoms with Gasteiger partial charge in [-0.05, 0) is 59.9 Å². The Kier molecular flexibility index (Phi) is 4.20. The molecule has 100 valence electrons. The molecule has 19 heavy (non-hydrogen) atoms. The van der Waals surface area contributed by atoms with E-state index in [2.05, 4.69) is 67.9 Å². The van der Waals surface area contributed by atoms with E-state index < -0.39 is 21.1 Å². The van der Waals surface area contributed by atoms with Gasteiger partial charge in [-0.15, -0.1) is 0 Å². The van der Waals surface area contributed by atoms with Gasteiger partial charge in [-0.3, -0.25) is 9.59 Å². The van der Waals surface area contributed by atoms with Gasteiger partial charge in [0.25, 0.3) is 15.2 Å². The summed E-state index contributed by atoms with van der Waals surface area (Å²) < 4.78 is 3.09. The molecule has 0 aliphatic carbocycles. The first kappa shape index (κ1) is 15.1. The number of rotatable bonds is 2. The number of nitrogens with zero attached hydrogens (tertiary/aromatic N) is 1. The number of carbonyl (C=O) groups is 3. The van der Waals surface area contributed by atoms with Crippen molar-refractivity contribution in [3.63, 3.8) is 0 Å². The van der Waals surface area contributed by atoms with Crippen molar-refractivity contribution in [1.82, 2.24) is 4.90 Å². The Morgan fingerprint density at radius 3 is 2.37 bits per heavy atom. The first-order chi connectivity index (χ1) is 8.82. The minimum absolute atomic E-state index is 0.207. The smallest absolute Gasteiger partial charge is 0.366 e. The van der Waals surface area contributed by atoms with Crippen LogP contribution in [0.15, 0.2) is 22.7 Å². The average molecular weight is 521 g/mol. The number of carbonyl (C=O) groups excluding carboxylic acids is 3. The van der Waals surface area contributed by atoms with Crippen LogP contribution in [0.25, 0.3) is 0 Å². The summed E-state index contributed by atoms with van der Waals surface area (Å²) in [5.41, 5.74) is 0.420. The number of alkyl halides is 2. The molecule has 0 atom stereocenters. The van der Waals surface area contributed by atoms with Crippen molar-refractivity contribution in [3.8, 4) is 0 Å². The topological polar surface area (TPSA) is 63.7 Å². The number of fused-ring (bicyclic) bond motifs is 1. The minimum atomic E-state index is -1.77. The normalized spacial score (nSPS) is 14.6. The van der Waals surface area contributed by atoms with Crippen LogP contribution < -0.4 is 0 Å². The summed E-state index contributed by atoms with van der Waals surface area (Å²) in [6.45, 7) is 0. The number of halogens is 4. The van der Waals surface area contributed by atoms with E-state index in [9.17, 15) is 14.4 Å². The maximum Gasteiger partial charge on any atom is 0.366 e. The quantitative estimate of drug-likeness (QED) is 0.341. The third-order valence-electron chi connectivity index (χ3n) is 2.46. The first-order valence-corrected chi connectivity index (χ1v) is 7.73. The Labute approximate surface area is 141 Å². The van der Waals surface area contributed by atoms with E-state index in [1.165, 1.54) is 6.07 Å². The third-order valence-corrected chi connectivity index (χ3v) is 4.77. The van der Waals surface area contributed by atoms with E-state index in [1.54, 1.807) is 12.1 Å². The molecule has 0 spiro atoms. The van der Waals surface area contributed by atoms with Gasteiger partial charge in [0.1, 0.15) is 0 Å². The molecule has 0 aromatic heterocycles. The second-order valence-electron chi connectivity index (χ2n) is 3.51. The Morgan fingerprint density at radius 1 is 1.21 bits per heavy atom. The van der Waals surface area contributed by atoms with Gasteiger partial charge >= 0.3 is 5.97 Å². The zero-order valence-electron chi connectivity index (χ0n) is 8.82. The molecule has 0 bridgehead atoms. The molecule has 1 aromatic rings. The second-order valence-corrected chi connectivity index (χ2v) is 8.05. The van der Waals surface area contributed by atoms with Crippen molar-refractivity contribution in [3.05, 3.63) is 33.8 Å². The lowest BCUT2D eigenvalue weighted by molar-refractivity contribution is -0.134. The van der Waals surface area contributed by atoms with Crippen LogP contribution in [-0.4, -0.2) is 26.0 Å². The molecule has 2 rings (SSSR count). The Hall–Kier alpha value is -0.250. The molecule has 0 unspecified atom stereocenters. The fourth-order valence-corrected chi connectivity index (χ4v) is 3.65. The minimum Gasteiger partial charge on any atom is -0.380 e. The number of imide groups is 1. The van der Waals surface area contributed by atoms with Crippen molar-refractivity contribution in [2.24, 2.45) is 0 Å². The van der Waals surface area contributed by atoms with Gasteiger partial charge in [0.15, 0.2) is 16.3 Å². The monoisotopic (exact) mass is 517 g/mol. The lowest BCUT2D eigenvalue weighted by Crippen LogP contribution is -2.48. The Bertz CT molecular complexity index is 601. The van der Waals surface area contributed by atoms with Crippen LogP contribution in [0.3, 0.4) is 0 Å². The maximum atomic E-state index is 12.3. The van der Waals surface area contributed by atoms with Gasteiger partial charge in [-0.25, -0.2) is 9.69 Å². The third kappa shape index (κ3) is 2.30. The van der Waals surface area contributed by atoms with Crippen LogP contribution in [0.2, 0.25) is 0 Å². The van der Waals surface area contributed by atoms with Gasteiger partial charge in [0, 0.05) is 4.47 Å². The Balaban J connectivity index is 2.55. The molecule has 9 heteroatoms.